The molecule has 3 unspecified atom stereocenters. The molecule has 1 aromatic rings. The zero-order valence-corrected chi connectivity index (χ0v) is 13.3. The molecule has 5 heteroatoms. The summed E-state index contributed by atoms with van der Waals surface area (Å²) in [6, 6.07) is 7.32. The first-order valence-corrected chi connectivity index (χ1v) is 8.35. The Kier molecular flexibility index (Phi) is 3.41. The smallest absolute Gasteiger partial charge is 0.337 e. The Hall–Kier alpha value is -1.88. The SMILES string of the molecule is COC(=O)c1ccc(C2(NC(=O)C3CC4CC4CN3)CC2)cc1. The molecule has 122 valence electrons. The Morgan fingerprint density at radius 1 is 1.17 bits per heavy atom. The first-order chi connectivity index (χ1) is 11.1. The van der Waals surface area contributed by atoms with Crippen molar-refractivity contribution < 1.29 is 14.3 Å². The minimum Gasteiger partial charge on any atom is -0.465 e. The van der Waals surface area contributed by atoms with Crippen LogP contribution < -0.4 is 10.6 Å². The third kappa shape index (κ3) is 2.74. The molecule has 0 spiro atoms. The molecule has 2 N–H and O–H groups in total. The molecule has 5 nitrogen and oxygen atoms in total. The number of piperidine rings is 1. The van der Waals surface area contributed by atoms with Crippen molar-refractivity contribution in [1.82, 2.24) is 10.6 Å². The number of esters is 1. The van der Waals surface area contributed by atoms with E-state index in [9.17, 15) is 9.59 Å². The number of carbonyl (C=O) groups is 2. The molecule has 23 heavy (non-hydrogen) atoms. The van der Waals surface area contributed by atoms with Crippen LogP contribution in [0.1, 0.15) is 41.6 Å². The van der Waals surface area contributed by atoms with Gasteiger partial charge in [0, 0.05) is 0 Å². The van der Waals surface area contributed by atoms with E-state index >= 15 is 0 Å². The largest absolute Gasteiger partial charge is 0.465 e. The lowest BCUT2D eigenvalue weighted by Crippen LogP contribution is -2.50. The van der Waals surface area contributed by atoms with Gasteiger partial charge in [0.1, 0.15) is 0 Å². The second-order valence-corrected chi connectivity index (χ2v) is 7.09. The normalized spacial score (nSPS) is 30.0. The minimum atomic E-state index is -0.337. The number of benzene rings is 1. The van der Waals surface area contributed by atoms with Gasteiger partial charge in [0.15, 0.2) is 0 Å². The molecule has 2 saturated carbocycles. The molecular formula is C18H22N2O3. The van der Waals surface area contributed by atoms with E-state index in [1.165, 1.54) is 13.5 Å². The van der Waals surface area contributed by atoms with Crippen molar-refractivity contribution in [1.29, 1.82) is 0 Å². The van der Waals surface area contributed by atoms with E-state index in [0.29, 0.717) is 5.56 Å². The van der Waals surface area contributed by atoms with Gasteiger partial charge >= 0.3 is 5.97 Å². The van der Waals surface area contributed by atoms with Gasteiger partial charge in [-0.2, -0.15) is 0 Å². The fourth-order valence-corrected chi connectivity index (χ4v) is 3.71. The van der Waals surface area contributed by atoms with Crippen molar-refractivity contribution in [3.63, 3.8) is 0 Å². The lowest BCUT2D eigenvalue weighted by atomic mass is 10.00. The van der Waals surface area contributed by atoms with E-state index in [1.54, 1.807) is 12.1 Å². The predicted molar refractivity (Wildman–Crippen MR) is 84.8 cm³/mol. The van der Waals surface area contributed by atoms with Gasteiger partial charge in [-0.05, 0) is 61.8 Å². The third-order valence-corrected chi connectivity index (χ3v) is 5.52. The summed E-state index contributed by atoms with van der Waals surface area (Å²) in [5.74, 6) is 1.34. The van der Waals surface area contributed by atoms with E-state index in [-0.39, 0.29) is 23.5 Å². The molecule has 1 saturated heterocycles. The molecule has 0 radical (unpaired) electrons. The Labute approximate surface area is 135 Å². The second kappa shape index (κ2) is 5.34. The van der Waals surface area contributed by atoms with Gasteiger partial charge < -0.3 is 15.4 Å². The summed E-state index contributed by atoms with van der Waals surface area (Å²) in [6.45, 7) is 0.976. The molecule has 3 aliphatic rings. The van der Waals surface area contributed by atoms with Crippen LogP contribution in [0.15, 0.2) is 24.3 Å². The van der Waals surface area contributed by atoms with E-state index in [1.807, 2.05) is 12.1 Å². The average Bonchev–Trinajstić information content (AvgIpc) is 3.48. The van der Waals surface area contributed by atoms with Crippen LogP contribution in [0.25, 0.3) is 0 Å². The highest BCUT2D eigenvalue weighted by Gasteiger charge is 2.49. The van der Waals surface area contributed by atoms with Crippen LogP contribution in [0.4, 0.5) is 0 Å². The number of carbonyl (C=O) groups excluding carboxylic acids is 2. The Bertz CT molecular complexity index is 636. The summed E-state index contributed by atoms with van der Waals surface area (Å²) >= 11 is 0. The maximum atomic E-state index is 12.6. The van der Waals surface area contributed by atoms with Crippen LogP contribution in [-0.2, 0) is 15.1 Å². The van der Waals surface area contributed by atoms with Crippen LogP contribution >= 0.6 is 0 Å². The summed E-state index contributed by atoms with van der Waals surface area (Å²) in [5, 5.41) is 6.61. The number of methoxy groups -OCH3 is 1. The van der Waals surface area contributed by atoms with Gasteiger partial charge in [0.05, 0.1) is 24.3 Å². The fraction of sp³-hybridized carbons (Fsp3) is 0.556. The summed E-state index contributed by atoms with van der Waals surface area (Å²) in [5.41, 5.74) is 1.36. The number of hydrogen-bond donors (Lipinski definition) is 2. The van der Waals surface area contributed by atoms with Crippen LogP contribution in [-0.4, -0.2) is 31.6 Å². The van der Waals surface area contributed by atoms with Gasteiger partial charge in [0.2, 0.25) is 5.91 Å². The summed E-state index contributed by atoms with van der Waals surface area (Å²) in [7, 11) is 1.38. The van der Waals surface area contributed by atoms with E-state index in [4.69, 9.17) is 4.74 Å². The minimum absolute atomic E-state index is 0.0504. The van der Waals surface area contributed by atoms with Crippen LogP contribution in [0.2, 0.25) is 0 Å². The van der Waals surface area contributed by atoms with Gasteiger partial charge in [-0.15, -0.1) is 0 Å². The molecule has 0 aromatic heterocycles. The molecule has 4 rings (SSSR count). The van der Waals surface area contributed by atoms with E-state index in [2.05, 4.69) is 10.6 Å². The first kappa shape index (κ1) is 14.7. The molecule has 1 amide bonds. The molecule has 1 aliphatic heterocycles. The van der Waals surface area contributed by atoms with Gasteiger partial charge in [-0.1, -0.05) is 12.1 Å². The van der Waals surface area contributed by atoms with Crippen LogP contribution in [0, 0.1) is 11.8 Å². The van der Waals surface area contributed by atoms with Gasteiger partial charge in [0.25, 0.3) is 0 Å². The topological polar surface area (TPSA) is 67.4 Å². The maximum Gasteiger partial charge on any atom is 0.337 e. The first-order valence-electron chi connectivity index (χ1n) is 8.35. The van der Waals surface area contributed by atoms with Gasteiger partial charge in [-0.25, -0.2) is 4.79 Å². The zero-order valence-electron chi connectivity index (χ0n) is 13.3. The molecule has 3 fully saturated rings. The highest BCUT2D eigenvalue weighted by molar-refractivity contribution is 5.89. The Morgan fingerprint density at radius 3 is 2.52 bits per heavy atom. The van der Waals surface area contributed by atoms with Crippen LogP contribution in [0.3, 0.4) is 0 Å². The quantitative estimate of drug-likeness (QED) is 0.828. The highest BCUT2D eigenvalue weighted by atomic mass is 16.5. The van der Waals surface area contributed by atoms with Crippen molar-refractivity contribution in [2.45, 2.75) is 37.3 Å². The number of ether oxygens (including phenoxy) is 1. The van der Waals surface area contributed by atoms with Crippen molar-refractivity contribution in [2.75, 3.05) is 13.7 Å². The summed E-state index contributed by atoms with van der Waals surface area (Å²) in [4.78, 5) is 24.1. The lowest BCUT2D eigenvalue weighted by molar-refractivity contribution is -0.124. The van der Waals surface area contributed by atoms with Crippen molar-refractivity contribution in [2.24, 2.45) is 11.8 Å². The standard InChI is InChI=1S/C18H22N2O3/c1-23-17(22)11-2-4-14(5-3-11)18(6-7-18)20-16(21)15-9-12-8-13(12)10-19-15/h2-5,12-13,15,19H,6-10H2,1H3,(H,20,21). The predicted octanol–water partition coefficient (Wildman–Crippen LogP) is 1.58. The molecular weight excluding hydrogens is 292 g/mol. The summed E-state index contributed by atoms with van der Waals surface area (Å²) < 4.78 is 4.72. The molecule has 2 aliphatic carbocycles. The molecule has 1 heterocycles. The third-order valence-electron chi connectivity index (χ3n) is 5.52. The highest BCUT2D eigenvalue weighted by Crippen LogP contribution is 2.47. The number of hydrogen-bond acceptors (Lipinski definition) is 4. The molecule has 1 aromatic carbocycles. The van der Waals surface area contributed by atoms with Crippen LogP contribution in [0.5, 0.6) is 0 Å². The average molecular weight is 314 g/mol. The Morgan fingerprint density at radius 2 is 1.91 bits per heavy atom. The van der Waals surface area contributed by atoms with E-state index in [0.717, 1.165) is 43.2 Å². The van der Waals surface area contributed by atoms with Crippen molar-refractivity contribution >= 4 is 11.9 Å². The maximum absolute atomic E-state index is 12.6. The van der Waals surface area contributed by atoms with Gasteiger partial charge in [-0.3, -0.25) is 4.79 Å². The lowest BCUT2D eigenvalue weighted by Gasteiger charge is -2.26. The monoisotopic (exact) mass is 314 g/mol. The zero-order chi connectivity index (χ0) is 16.0. The number of nitrogens with one attached hydrogen (secondary N) is 2. The van der Waals surface area contributed by atoms with E-state index < -0.39 is 0 Å². The second-order valence-electron chi connectivity index (χ2n) is 7.09. The number of rotatable bonds is 4. The Balaban J connectivity index is 1.43. The molecule has 3 atom stereocenters. The fourth-order valence-electron chi connectivity index (χ4n) is 3.71. The molecule has 0 bridgehead atoms. The van der Waals surface area contributed by atoms with Crippen molar-refractivity contribution in [3.05, 3.63) is 35.4 Å². The number of amides is 1. The summed E-state index contributed by atoms with van der Waals surface area (Å²) in [6.07, 6.45) is 4.15. The number of fused-ring (bicyclic) bond motifs is 1. The van der Waals surface area contributed by atoms with Crippen molar-refractivity contribution in [3.8, 4) is 0 Å².